The zero-order valence-electron chi connectivity index (χ0n) is 9.27. The lowest BCUT2D eigenvalue weighted by molar-refractivity contribution is 0.331. The number of anilines is 1. The summed E-state index contributed by atoms with van der Waals surface area (Å²) in [5.74, 6) is 0.778. The SMILES string of the molecule is Clc1cccc(NCCOc2cccnc2)c1. The van der Waals surface area contributed by atoms with Crippen molar-refractivity contribution in [1.29, 1.82) is 0 Å². The number of hydrogen-bond acceptors (Lipinski definition) is 3. The van der Waals surface area contributed by atoms with E-state index < -0.39 is 0 Å². The van der Waals surface area contributed by atoms with Crippen molar-refractivity contribution in [3.8, 4) is 5.75 Å². The molecule has 0 saturated carbocycles. The summed E-state index contributed by atoms with van der Waals surface area (Å²) in [5, 5.41) is 3.95. The first kappa shape index (κ1) is 11.7. The molecule has 1 aromatic carbocycles. The van der Waals surface area contributed by atoms with E-state index in [-0.39, 0.29) is 0 Å². The summed E-state index contributed by atoms with van der Waals surface area (Å²) in [7, 11) is 0. The second kappa shape index (κ2) is 6.11. The lowest BCUT2D eigenvalue weighted by Crippen LogP contribution is -2.11. The molecule has 1 heterocycles. The smallest absolute Gasteiger partial charge is 0.137 e. The second-order valence-corrected chi connectivity index (χ2v) is 3.91. The van der Waals surface area contributed by atoms with Crippen molar-refractivity contribution in [2.45, 2.75) is 0 Å². The molecule has 0 radical (unpaired) electrons. The van der Waals surface area contributed by atoms with Crippen molar-refractivity contribution in [3.63, 3.8) is 0 Å². The van der Waals surface area contributed by atoms with E-state index in [9.17, 15) is 0 Å². The Morgan fingerprint density at radius 1 is 1.24 bits per heavy atom. The molecular weight excluding hydrogens is 236 g/mol. The summed E-state index contributed by atoms with van der Waals surface area (Å²) in [6.07, 6.45) is 3.41. The van der Waals surface area contributed by atoms with Crippen molar-refractivity contribution in [2.75, 3.05) is 18.5 Å². The Labute approximate surface area is 105 Å². The third kappa shape index (κ3) is 3.96. The molecule has 2 rings (SSSR count). The minimum absolute atomic E-state index is 0.582. The van der Waals surface area contributed by atoms with Crippen LogP contribution < -0.4 is 10.1 Å². The third-order valence-electron chi connectivity index (χ3n) is 2.16. The second-order valence-electron chi connectivity index (χ2n) is 3.47. The van der Waals surface area contributed by atoms with E-state index in [1.165, 1.54) is 0 Å². The van der Waals surface area contributed by atoms with Crippen molar-refractivity contribution in [1.82, 2.24) is 4.98 Å². The van der Waals surface area contributed by atoms with Crippen LogP contribution in [0.5, 0.6) is 5.75 Å². The largest absolute Gasteiger partial charge is 0.490 e. The lowest BCUT2D eigenvalue weighted by Gasteiger charge is -2.08. The molecule has 88 valence electrons. The van der Waals surface area contributed by atoms with Crippen LogP contribution in [0.2, 0.25) is 5.02 Å². The molecule has 0 aliphatic rings. The van der Waals surface area contributed by atoms with Gasteiger partial charge in [-0.1, -0.05) is 17.7 Å². The van der Waals surface area contributed by atoms with Crippen LogP contribution in [-0.2, 0) is 0 Å². The Balaban J connectivity index is 1.73. The van der Waals surface area contributed by atoms with Crippen LogP contribution in [0, 0.1) is 0 Å². The van der Waals surface area contributed by atoms with E-state index in [1.807, 2.05) is 36.4 Å². The average molecular weight is 249 g/mol. The molecule has 2 aromatic rings. The number of nitrogens with zero attached hydrogens (tertiary/aromatic N) is 1. The molecule has 0 amide bonds. The highest BCUT2D eigenvalue weighted by Crippen LogP contribution is 2.14. The quantitative estimate of drug-likeness (QED) is 0.825. The number of benzene rings is 1. The van der Waals surface area contributed by atoms with Gasteiger partial charge in [-0.15, -0.1) is 0 Å². The van der Waals surface area contributed by atoms with Crippen LogP contribution >= 0.6 is 11.6 Å². The fourth-order valence-electron chi connectivity index (χ4n) is 1.40. The molecular formula is C13H13ClN2O. The molecule has 0 bridgehead atoms. The van der Waals surface area contributed by atoms with Crippen molar-refractivity contribution in [2.24, 2.45) is 0 Å². The van der Waals surface area contributed by atoms with Crippen LogP contribution in [0.3, 0.4) is 0 Å². The Kier molecular flexibility index (Phi) is 4.22. The highest BCUT2D eigenvalue weighted by molar-refractivity contribution is 6.30. The van der Waals surface area contributed by atoms with Gasteiger partial charge in [0.1, 0.15) is 12.4 Å². The Bertz CT molecular complexity index is 462. The van der Waals surface area contributed by atoms with Crippen LogP contribution in [0.15, 0.2) is 48.8 Å². The van der Waals surface area contributed by atoms with Gasteiger partial charge in [-0.25, -0.2) is 0 Å². The van der Waals surface area contributed by atoms with Crippen molar-refractivity contribution < 1.29 is 4.74 Å². The first-order valence-electron chi connectivity index (χ1n) is 5.37. The van der Waals surface area contributed by atoms with E-state index in [4.69, 9.17) is 16.3 Å². The highest BCUT2D eigenvalue weighted by Gasteiger charge is 1.94. The summed E-state index contributed by atoms with van der Waals surface area (Å²) in [6.45, 7) is 1.30. The number of rotatable bonds is 5. The molecule has 3 nitrogen and oxygen atoms in total. The molecule has 1 N–H and O–H groups in total. The maximum atomic E-state index is 5.87. The van der Waals surface area contributed by atoms with Gasteiger partial charge < -0.3 is 10.1 Å². The van der Waals surface area contributed by atoms with E-state index in [1.54, 1.807) is 12.4 Å². The topological polar surface area (TPSA) is 34.1 Å². The van der Waals surface area contributed by atoms with E-state index in [2.05, 4.69) is 10.3 Å². The maximum absolute atomic E-state index is 5.87. The predicted molar refractivity (Wildman–Crippen MR) is 69.7 cm³/mol. The van der Waals surface area contributed by atoms with E-state index in [0.717, 1.165) is 23.0 Å². The summed E-state index contributed by atoms with van der Waals surface area (Å²) >= 11 is 5.87. The molecule has 0 aliphatic heterocycles. The molecule has 0 unspecified atom stereocenters. The minimum Gasteiger partial charge on any atom is -0.490 e. The molecule has 0 saturated heterocycles. The molecule has 0 atom stereocenters. The van der Waals surface area contributed by atoms with Gasteiger partial charge in [0.2, 0.25) is 0 Å². The van der Waals surface area contributed by atoms with Gasteiger partial charge >= 0.3 is 0 Å². The normalized spacial score (nSPS) is 9.94. The van der Waals surface area contributed by atoms with Gasteiger partial charge in [-0.05, 0) is 30.3 Å². The molecule has 4 heteroatoms. The summed E-state index contributed by atoms with van der Waals surface area (Å²) in [5.41, 5.74) is 0.993. The number of hydrogen-bond donors (Lipinski definition) is 1. The molecule has 1 aromatic heterocycles. The Morgan fingerprint density at radius 3 is 2.94 bits per heavy atom. The Hall–Kier alpha value is -1.74. The van der Waals surface area contributed by atoms with Gasteiger partial charge in [0.05, 0.1) is 6.20 Å². The summed E-state index contributed by atoms with van der Waals surface area (Å²) in [6, 6.07) is 11.3. The highest BCUT2D eigenvalue weighted by atomic mass is 35.5. The van der Waals surface area contributed by atoms with Crippen LogP contribution in [0.4, 0.5) is 5.69 Å². The average Bonchev–Trinajstić information content (AvgIpc) is 2.36. The number of nitrogens with one attached hydrogen (secondary N) is 1. The number of pyridine rings is 1. The lowest BCUT2D eigenvalue weighted by atomic mass is 10.3. The fraction of sp³-hybridized carbons (Fsp3) is 0.154. The molecule has 0 fully saturated rings. The number of halogens is 1. The summed E-state index contributed by atoms with van der Waals surface area (Å²) in [4.78, 5) is 3.97. The predicted octanol–water partition coefficient (Wildman–Crippen LogP) is 3.23. The minimum atomic E-state index is 0.582. The summed E-state index contributed by atoms with van der Waals surface area (Å²) < 4.78 is 5.50. The van der Waals surface area contributed by atoms with Gasteiger partial charge in [0, 0.05) is 23.5 Å². The van der Waals surface area contributed by atoms with Crippen LogP contribution in [0.1, 0.15) is 0 Å². The van der Waals surface area contributed by atoms with Gasteiger partial charge in [0.25, 0.3) is 0 Å². The fourth-order valence-corrected chi connectivity index (χ4v) is 1.59. The van der Waals surface area contributed by atoms with Gasteiger partial charge in [-0.2, -0.15) is 0 Å². The van der Waals surface area contributed by atoms with Crippen LogP contribution in [0.25, 0.3) is 0 Å². The first-order chi connectivity index (χ1) is 8.34. The van der Waals surface area contributed by atoms with E-state index in [0.29, 0.717) is 6.61 Å². The van der Waals surface area contributed by atoms with Gasteiger partial charge in [0.15, 0.2) is 0 Å². The molecule has 0 spiro atoms. The molecule has 17 heavy (non-hydrogen) atoms. The maximum Gasteiger partial charge on any atom is 0.137 e. The van der Waals surface area contributed by atoms with E-state index >= 15 is 0 Å². The Morgan fingerprint density at radius 2 is 2.18 bits per heavy atom. The third-order valence-corrected chi connectivity index (χ3v) is 2.39. The number of ether oxygens (including phenoxy) is 1. The zero-order valence-corrected chi connectivity index (χ0v) is 10.0. The number of aromatic nitrogens is 1. The van der Waals surface area contributed by atoms with Crippen molar-refractivity contribution in [3.05, 3.63) is 53.8 Å². The van der Waals surface area contributed by atoms with Crippen molar-refractivity contribution >= 4 is 17.3 Å². The van der Waals surface area contributed by atoms with Gasteiger partial charge in [-0.3, -0.25) is 4.98 Å². The standard InChI is InChI=1S/C13H13ClN2O/c14-11-3-1-4-12(9-11)16-7-8-17-13-5-2-6-15-10-13/h1-6,9-10,16H,7-8H2. The first-order valence-corrected chi connectivity index (χ1v) is 5.75. The zero-order chi connectivity index (χ0) is 11.9. The van der Waals surface area contributed by atoms with Crippen LogP contribution in [-0.4, -0.2) is 18.1 Å². The monoisotopic (exact) mass is 248 g/mol. The molecule has 0 aliphatic carbocycles.